The lowest BCUT2D eigenvalue weighted by atomic mass is 10.2. The van der Waals surface area contributed by atoms with Gasteiger partial charge in [-0.05, 0) is 60.7 Å². The maximum Gasteiger partial charge on any atom is 0.338 e. The predicted molar refractivity (Wildman–Crippen MR) is 112 cm³/mol. The van der Waals surface area contributed by atoms with Crippen LogP contribution >= 0.6 is 35.0 Å². The third-order valence-corrected chi connectivity index (χ3v) is 5.20. The molecular formula is C21H15Cl2NO3S. The standard InChI is InChI=1S/C21H15Cl2NO3S/c22-15-7-5-14(6-8-15)21(26)27-13-20(25)24-18-3-1-2-4-19(18)28-17-11-9-16(23)10-12-17/h1-12H,13H2,(H,24,25). The summed E-state index contributed by atoms with van der Waals surface area (Å²) in [6.45, 7) is -0.387. The van der Waals surface area contributed by atoms with Gasteiger partial charge in [-0.15, -0.1) is 0 Å². The molecule has 28 heavy (non-hydrogen) atoms. The van der Waals surface area contributed by atoms with E-state index in [1.165, 1.54) is 11.8 Å². The van der Waals surface area contributed by atoms with E-state index in [4.69, 9.17) is 27.9 Å². The van der Waals surface area contributed by atoms with Gasteiger partial charge in [-0.25, -0.2) is 4.79 Å². The first-order valence-electron chi connectivity index (χ1n) is 8.26. The van der Waals surface area contributed by atoms with Gasteiger partial charge in [-0.2, -0.15) is 0 Å². The Labute approximate surface area is 176 Å². The van der Waals surface area contributed by atoms with Crippen molar-refractivity contribution in [3.8, 4) is 0 Å². The van der Waals surface area contributed by atoms with Crippen molar-refractivity contribution in [2.24, 2.45) is 0 Å². The summed E-state index contributed by atoms with van der Waals surface area (Å²) in [5, 5.41) is 3.95. The molecule has 1 N–H and O–H groups in total. The molecule has 3 rings (SSSR count). The van der Waals surface area contributed by atoms with Gasteiger partial charge in [-0.3, -0.25) is 4.79 Å². The van der Waals surface area contributed by atoms with Crippen molar-refractivity contribution >= 4 is 52.5 Å². The van der Waals surface area contributed by atoms with E-state index < -0.39 is 11.9 Å². The van der Waals surface area contributed by atoms with Crippen molar-refractivity contribution in [3.63, 3.8) is 0 Å². The molecule has 142 valence electrons. The maximum absolute atomic E-state index is 12.2. The van der Waals surface area contributed by atoms with Gasteiger partial charge in [0.2, 0.25) is 0 Å². The summed E-state index contributed by atoms with van der Waals surface area (Å²) in [7, 11) is 0. The van der Waals surface area contributed by atoms with Crippen LogP contribution in [-0.4, -0.2) is 18.5 Å². The number of anilines is 1. The van der Waals surface area contributed by atoms with Gasteiger partial charge in [0, 0.05) is 19.8 Å². The molecule has 4 nitrogen and oxygen atoms in total. The number of hydrogen-bond donors (Lipinski definition) is 1. The molecule has 0 bridgehead atoms. The fourth-order valence-electron chi connectivity index (χ4n) is 2.28. The van der Waals surface area contributed by atoms with E-state index in [1.807, 2.05) is 30.3 Å². The van der Waals surface area contributed by atoms with E-state index in [9.17, 15) is 9.59 Å². The smallest absolute Gasteiger partial charge is 0.338 e. The van der Waals surface area contributed by atoms with E-state index in [0.29, 0.717) is 21.3 Å². The van der Waals surface area contributed by atoms with E-state index in [0.717, 1.165) is 9.79 Å². The van der Waals surface area contributed by atoms with Gasteiger partial charge in [0.25, 0.3) is 5.91 Å². The summed E-state index contributed by atoms with van der Waals surface area (Å²) in [5.74, 6) is -1.01. The molecule has 0 aliphatic heterocycles. The number of halogens is 2. The van der Waals surface area contributed by atoms with E-state index >= 15 is 0 Å². The van der Waals surface area contributed by atoms with E-state index in [1.54, 1.807) is 42.5 Å². The normalized spacial score (nSPS) is 10.4. The summed E-state index contributed by atoms with van der Waals surface area (Å²) >= 11 is 13.2. The number of carbonyl (C=O) groups is 2. The number of esters is 1. The number of amides is 1. The molecular weight excluding hydrogens is 417 g/mol. The fourth-order valence-corrected chi connectivity index (χ4v) is 3.43. The topological polar surface area (TPSA) is 55.4 Å². The van der Waals surface area contributed by atoms with E-state index in [2.05, 4.69) is 5.32 Å². The van der Waals surface area contributed by atoms with Crippen LogP contribution in [0.15, 0.2) is 82.6 Å². The second-order valence-corrected chi connectivity index (χ2v) is 7.67. The SMILES string of the molecule is O=C(COC(=O)c1ccc(Cl)cc1)Nc1ccccc1Sc1ccc(Cl)cc1. The monoisotopic (exact) mass is 431 g/mol. The molecule has 3 aromatic rings. The molecule has 0 saturated carbocycles. The fraction of sp³-hybridized carbons (Fsp3) is 0.0476. The Kier molecular flexibility index (Phi) is 6.98. The Morgan fingerprint density at radius 3 is 2.14 bits per heavy atom. The van der Waals surface area contributed by atoms with Gasteiger partial charge in [0.05, 0.1) is 11.3 Å². The third-order valence-electron chi connectivity index (χ3n) is 3.62. The molecule has 7 heteroatoms. The Morgan fingerprint density at radius 2 is 1.46 bits per heavy atom. The summed E-state index contributed by atoms with van der Waals surface area (Å²) in [4.78, 5) is 26.1. The molecule has 0 atom stereocenters. The van der Waals surface area contributed by atoms with Crippen LogP contribution in [0, 0.1) is 0 Å². The van der Waals surface area contributed by atoms with Gasteiger partial charge >= 0.3 is 5.97 Å². The van der Waals surface area contributed by atoms with Crippen LogP contribution in [0.5, 0.6) is 0 Å². The zero-order valence-electron chi connectivity index (χ0n) is 14.5. The number of carbonyl (C=O) groups excluding carboxylic acids is 2. The van der Waals surface area contributed by atoms with Crippen molar-refractivity contribution in [2.75, 3.05) is 11.9 Å². The quantitative estimate of drug-likeness (QED) is 0.490. The lowest BCUT2D eigenvalue weighted by molar-refractivity contribution is -0.119. The Balaban J connectivity index is 1.60. The molecule has 0 spiro atoms. The third kappa shape index (κ3) is 5.76. The zero-order chi connectivity index (χ0) is 19.9. The Bertz CT molecular complexity index is 976. The van der Waals surface area contributed by atoms with Crippen molar-refractivity contribution in [1.29, 1.82) is 0 Å². The van der Waals surface area contributed by atoms with Gasteiger partial charge < -0.3 is 10.1 Å². The molecule has 1 amide bonds. The number of rotatable bonds is 6. The lowest BCUT2D eigenvalue weighted by Crippen LogP contribution is -2.21. The minimum absolute atomic E-state index is 0.330. The number of ether oxygens (including phenoxy) is 1. The summed E-state index contributed by atoms with van der Waals surface area (Å²) in [6.07, 6.45) is 0. The second-order valence-electron chi connectivity index (χ2n) is 5.68. The van der Waals surface area contributed by atoms with Crippen molar-refractivity contribution in [2.45, 2.75) is 9.79 Å². The summed E-state index contributed by atoms with van der Waals surface area (Å²) < 4.78 is 5.06. The summed E-state index contributed by atoms with van der Waals surface area (Å²) in [5.41, 5.74) is 0.964. The average Bonchev–Trinajstić information content (AvgIpc) is 2.70. The number of nitrogens with one attached hydrogen (secondary N) is 1. The number of hydrogen-bond acceptors (Lipinski definition) is 4. The molecule has 0 unspecified atom stereocenters. The van der Waals surface area contributed by atoms with Gasteiger partial charge in [0.1, 0.15) is 0 Å². The van der Waals surface area contributed by atoms with Crippen LogP contribution in [0.3, 0.4) is 0 Å². The lowest BCUT2D eigenvalue weighted by Gasteiger charge is -2.11. The number of para-hydroxylation sites is 1. The summed E-state index contributed by atoms with van der Waals surface area (Å²) in [6, 6.07) is 21.1. The zero-order valence-corrected chi connectivity index (χ0v) is 16.9. The molecule has 0 fully saturated rings. The van der Waals surface area contributed by atoms with Crippen LogP contribution in [0.2, 0.25) is 10.0 Å². The van der Waals surface area contributed by atoms with Crippen LogP contribution in [-0.2, 0) is 9.53 Å². The first kappa shape index (κ1) is 20.3. The molecule has 0 aliphatic rings. The van der Waals surface area contributed by atoms with Crippen LogP contribution in [0.4, 0.5) is 5.69 Å². The van der Waals surface area contributed by atoms with Gasteiger partial charge in [-0.1, -0.05) is 47.1 Å². The van der Waals surface area contributed by atoms with Crippen LogP contribution in [0.1, 0.15) is 10.4 Å². The van der Waals surface area contributed by atoms with Crippen LogP contribution in [0.25, 0.3) is 0 Å². The first-order valence-corrected chi connectivity index (χ1v) is 9.83. The first-order chi connectivity index (χ1) is 13.5. The highest BCUT2D eigenvalue weighted by molar-refractivity contribution is 7.99. The maximum atomic E-state index is 12.2. The molecule has 0 aromatic heterocycles. The van der Waals surface area contributed by atoms with Crippen molar-refractivity contribution < 1.29 is 14.3 Å². The molecule has 0 heterocycles. The molecule has 3 aromatic carbocycles. The predicted octanol–water partition coefficient (Wildman–Crippen LogP) is 5.94. The van der Waals surface area contributed by atoms with Gasteiger partial charge in [0.15, 0.2) is 6.61 Å². The molecule has 0 radical (unpaired) electrons. The highest BCUT2D eigenvalue weighted by Gasteiger charge is 2.12. The molecule has 0 saturated heterocycles. The minimum atomic E-state index is -0.587. The average molecular weight is 432 g/mol. The largest absolute Gasteiger partial charge is 0.452 e. The Morgan fingerprint density at radius 1 is 0.857 bits per heavy atom. The van der Waals surface area contributed by atoms with E-state index in [-0.39, 0.29) is 6.61 Å². The Hall–Kier alpha value is -2.47. The van der Waals surface area contributed by atoms with Crippen molar-refractivity contribution in [1.82, 2.24) is 0 Å². The van der Waals surface area contributed by atoms with Crippen molar-refractivity contribution in [3.05, 3.63) is 88.4 Å². The second kappa shape index (κ2) is 9.64. The highest BCUT2D eigenvalue weighted by atomic mass is 35.5. The minimum Gasteiger partial charge on any atom is -0.452 e. The highest BCUT2D eigenvalue weighted by Crippen LogP contribution is 2.33. The molecule has 0 aliphatic carbocycles. The number of benzene rings is 3. The van der Waals surface area contributed by atoms with Crippen LogP contribution < -0.4 is 5.32 Å².